The third-order valence-electron chi connectivity index (χ3n) is 5.97. The van der Waals surface area contributed by atoms with Crippen molar-refractivity contribution in [3.63, 3.8) is 0 Å². The first-order chi connectivity index (χ1) is 16.4. The van der Waals surface area contributed by atoms with Crippen molar-refractivity contribution in [1.82, 2.24) is 10.2 Å². The molecule has 0 aromatic heterocycles. The summed E-state index contributed by atoms with van der Waals surface area (Å²) in [6.07, 6.45) is 2.11. The van der Waals surface area contributed by atoms with Crippen molar-refractivity contribution in [1.29, 1.82) is 0 Å². The molecule has 2 atom stereocenters. The zero-order chi connectivity index (χ0) is 26.3. The lowest BCUT2D eigenvalue weighted by atomic mass is 10.1. The van der Waals surface area contributed by atoms with Crippen molar-refractivity contribution in [2.75, 3.05) is 17.1 Å². The Morgan fingerprint density at radius 2 is 1.66 bits per heavy atom. The molecule has 2 rings (SSSR count). The number of rotatable bonds is 11. The van der Waals surface area contributed by atoms with Gasteiger partial charge in [0.15, 0.2) is 0 Å². The summed E-state index contributed by atoms with van der Waals surface area (Å²) in [7, 11) is -3.80. The van der Waals surface area contributed by atoms with Gasteiger partial charge in [0, 0.05) is 12.6 Å². The molecule has 0 aliphatic heterocycles. The Labute approximate surface area is 208 Å². The smallest absolute Gasteiger partial charge is 0.244 e. The van der Waals surface area contributed by atoms with Crippen molar-refractivity contribution >= 4 is 27.5 Å². The minimum absolute atomic E-state index is 0.0376. The van der Waals surface area contributed by atoms with Gasteiger partial charge in [-0.15, -0.1) is 0 Å². The Morgan fingerprint density at radius 3 is 2.20 bits per heavy atom. The molecule has 7 nitrogen and oxygen atoms in total. The van der Waals surface area contributed by atoms with Crippen LogP contribution in [0, 0.1) is 19.7 Å². The van der Waals surface area contributed by atoms with Crippen LogP contribution in [0.5, 0.6) is 0 Å². The van der Waals surface area contributed by atoms with Crippen LogP contribution in [0.4, 0.5) is 10.1 Å². The summed E-state index contributed by atoms with van der Waals surface area (Å²) in [5, 5.41) is 2.92. The van der Waals surface area contributed by atoms with E-state index in [0.717, 1.165) is 22.5 Å². The number of aryl methyl sites for hydroxylation is 2. The number of anilines is 1. The second-order valence-electron chi connectivity index (χ2n) is 8.95. The van der Waals surface area contributed by atoms with Gasteiger partial charge in [0.2, 0.25) is 21.8 Å². The summed E-state index contributed by atoms with van der Waals surface area (Å²) in [6.45, 7) is 8.82. The lowest BCUT2D eigenvalue weighted by Gasteiger charge is -2.33. The number of halogens is 1. The zero-order valence-corrected chi connectivity index (χ0v) is 22.2. The summed E-state index contributed by atoms with van der Waals surface area (Å²) in [5.74, 6) is -1.24. The van der Waals surface area contributed by atoms with Crippen LogP contribution < -0.4 is 9.62 Å². The lowest BCUT2D eigenvalue weighted by molar-refractivity contribution is -0.140. The van der Waals surface area contributed by atoms with Crippen molar-refractivity contribution in [3.8, 4) is 0 Å². The third kappa shape index (κ3) is 7.78. The quantitative estimate of drug-likeness (QED) is 0.501. The first-order valence-electron chi connectivity index (χ1n) is 11.8. The number of carbonyl (C=O) groups is 2. The average Bonchev–Trinajstić information content (AvgIpc) is 2.79. The van der Waals surface area contributed by atoms with E-state index in [2.05, 4.69) is 5.32 Å². The second-order valence-corrected chi connectivity index (χ2v) is 10.9. The first kappa shape index (κ1) is 28.3. The van der Waals surface area contributed by atoms with Gasteiger partial charge >= 0.3 is 0 Å². The normalized spacial score (nSPS) is 13.1. The number of sulfonamides is 1. The monoisotopic (exact) mass is 505 g/mol. The minimum atomic E-state index is -3.80. The molecule has 0 fully saturated rings. The predicted octanol–water partition coefficient (Wildman–Crippen LogP) is 3.93. The number of benzene rings is 2. The molecule has 0 heterocycles. The van der Waals surface area contributed by atoms with Gasteiger partial charge in [-0.25, -0.2) is 12.8 Å². The van der Waals surface area contributed by atoms with E-state index in [0.29, 0.717) is 23.2 Å². The highest BCUT2D eigenvalue weighted by molar-refractivity contribution is 7.92. The lowest BCUT2D eigenvalue weighted by Crippen LogP contribution is -2.53. The molecule has 0 saturated carbocycles. The molecule has 2 aromatic rings. The summed E-state index contributed by atoms with van der Waals surface area (Å²) in [6, 6.07) is 10.2. The fourth-order valence-electron chi connectivity index (χ4n) is 3.73. The number of nitrogens with one attached hydrogen (secondary N) is 1. The van der Waals surface area contributed by atoms with E-state index >= 15 is 0 Å². The van der Waals surface area contributed by atoms with E-state index in [-0.39, 0.29) is 18.5 Å². The zero-order valence-electron chi connectivity index (χ0n) is 21.3. The molecule has 1 N–H and O–H groups in total. The van der Waals surface area contributed by atoms with Crippen LogP contribution in [0.15, 0.2) is 42.5 Å². The van der Waals surface area contributed by atoms with Crippen LogP contribution in [-0.2, 0) is 26.2 Å². The third-order valence-corrected chi connectivity index (χ3v) is 7.09. The summed E-state index contributed by atoms with van der Waals surface area (Å²) >= 11 is 0. The minimum Gasteiger partial charge on any atom is -0.352 e. The maximum absolute atomic E-state index is 13.7. The van der Waals surface area contributed by atoms with E-state index < -0.39 is 34.3 Å². The maximum Gasteiger partial charge on any atom is 0.244 e. The van der Waals surface area contributed by atoms with Gasteiger partial charge in [-0.05, 0) is 68.5 Å². The van der Waals surface area contributed by atoms with Gasteiger partial charge in [0.25, 0.3) is 0 Å². The number of amides is 2. The fourth-order valence-corrected chi connectivity index (χ4v) is 4.63. The Kier molecular flexibility index (Phi) is 9.82. The molecule has 192 valence electrons. The Morgan fingerprint density at radius 1 is 1.03 bits per heavy atom. The largest absolute Gasteiger partial charge is 0.352 e. The Balaban J connectivity index is 2.47. The average molecular weight is 506 g/mol. The van der Waals surface area contributed by atoms with Crippen molar-refractivity contribution in [2.24, 2.45) is 0 Å². The molecule has 2 aromatic carbocycles. The van der Waals surface area contributed by atoms with Crippen LogP contribution in [0.3, 0.4) is 0 Å². The van der Waals surface area contributed by atoms with E-state index in [1.165, 1.54) is 17.0 Å². The molecule has 0 radical (unpaired) electrons. The van der Waals surface area contributed by atoms with Crippen LogP contribution >= 0.6 is 0 Å². The highest BCUT2D eigenvalue weighted by atomic mass is 32.2. The molecule has 2 amide bonds. The van der Waals surface area contributed by atoms with Gasteiger partial charge in [-0.2, -0.15) is 0 Å². The van der Waals surface area contributed by atoms with Gasteiger partial charge < -0.3 is 10.2 Å². The van der Waals surface area contributed by atoms with Crippen molar-refractivity contribution in [3.05, 3.63) is 65.0 Å². The van der Waals surface area contributed by atoms with Crippen LogP contribution in [0.2, 0.25) is 0 Å². The molecule has 0 unspecified atom stereocenters. The van der Waals surface area contributed by atoms with Crippen LogP contribution in [-0.4, -0.2) is 50.0 Å². The van der Waals surface area contributed by atoms with Gasteiger partial charge in [0.05, 0.1) is 11.9 Å². The van der Waals surface area contributed by atoms with Crippen molar-refractivity contribution < 1.29 is 22.4 Å². The molecule has 9 heteroatoms. The van der Waals surface area contributed by atoms with Crippen molar-refractivity contribution in [2.45, 2.75) is 66.1 Å². The number of hydrogen-bond donors (Lipinski definition) is 1. The molecular formula is C26H36FN3O4S. The summed E-state index contributed by atoms with van der Waals surface area (Å²) < 4.78 is 40.0. The predicted molar refractivity (Wildman–Crippen MR) is 137 cm³/mol. The molecule has 0 aliphatic carbocycles. The van der Waals surface area contributed by atoms with E-state index in [4.69, 9.17) is 0 Å². The number of hydrogen-bond acceptors (Lipinski definition) is 4. The van der Waals surface area contributed by atoms with E-state index in [9.17, 15) is 22.4 Å². The SMILES string of the molecule is CC[C@H](C(=O)N[C@@H](C)CC)N(Cc1ccc(F)cc1)C(=O)CN(c1cc(C)ccc1C)S(C)(=O)=O. The van der Waals surface area contributed by atoms with E-state index in [1.54, 1.807) is 38.1 Å². The maximum atomic E-state index is 13.7. The summed E-state index contributed by atoms with van der Waals surface area (Å²) in [5.41, 5.74) is 2.61. The molecular weight excluding hydrogens is 469 g/mol. The molecule has 0 spiro atoms. The van der Waals surface area contributed by atoms with Gasteiger partial charge in [-0.1, -0.05) is 38.1 Å². The molecule has 0 bridgehead atoms. The second kappa shape index (κ2) is 12.2. The Hall–Kier alpha value is -2.94. The fraction of sp³-hybridized carbons (Fsp3) is 0.462. The highest BCUT2D eigenvalue weighted by Gasteiger charge is 2.32. The number of nitrogens with zero attached hydrogens (tertiary/aromatic N) is 2. The van der Waals surface area contributed by atoms with Crippen LogP contribution in [0.1, 0.15) is 50.3 Å². The van der Waals surface area contributed by atoms with Gasteiger partial charge in [-0.3, -0.25) is 13.9 Å². The highest BCUT2D eigenvalue weighted by Crippen LogP contribution is 2.25. The standard InChI is InChI=1S/C26H36FN3O4S/c1-7-20(5)28-26(32)23(8-2)29(16-21-11-13-22(27)14-12-21)25(31)17-30(35(6,33)34)24-15-18(3)9-10-19(24)4/h9-15,20,23H,7-8,16-17H2,1-6H3,(H,28,32)/t20-,23+/m0/s1. The topological polar surface area (TPSA) is 86.8 Å². The first-order valence-corrected chi connectivity index (χ1v) is 13.6. The molecule has 35 heavy (non-hydrogen) atoms. The molecule has 0 saturated heterocycles. The Bertz CT molecular complexity index is 1140. The van der Waals surface area contributed by atoms with E-state index in [1.807, 2.05) is 26.8 Å². The summed E-state index contributed by atoms with van der Waals surface area (Å²) in [4.78, 5) is 28.1. The molecule has 0 aliphatic rings. The van der Waals surface area contributed by atoms with Crippen LogP contribution in [0.25, 0.3) is 0 Å². The number of carbonyl (C=O) groups excluding carboxylic acids is 2. The van der Waals surface area contributed by atoms with Gasteiger partial charge in [0.1, 0.15) is 18.4 Å².